The first-order valence-corrected chi connectivity index (χ1v) is 9.68. The van der Waals surface area contributed by atoms with Crippen molar-refractivity contribution in [2.24, 2.45) is 11.8 Å². The second kappa shape index (κ2) is 6.34. The first-order chi connectivity index (χ1) is 12.5. The third-order valence-corrected chi connectivity index (χ3v) is 6.24. The van der Waals surface area contributed by atoms with E-state index in [0.717, 1.165) is 43.1 Å². The minimum absolute atomic E-state index is 0.130. The molecule has 2 aromatic rings. The van der Waals surface area contributed by atoms with Gasteiger partial charge in [0, 0.05) is 26.6 Å². The number of ether oxygens (including phenoxy) is 1. The summed E-state index contributed by atoms with van der Waals surface area (Å²) < 4.78 is 7.71. The Kier molecular flexibility index (Phi) is 4.26. The molecule has 0 radical (unpaired) electrons. The van der Waals surface area contributed by atoms with Gasteiger partial charge in [-0.2, -0.15) is 0 Å². The number of rotatable bonds is 5. The summed E-state index contributed by atoms with van der Waals surface area (Å²) in [6, 6.07) is 2.20. The van der Waals surface area contributed by atoms with Crippen LogP contribution in [-0.4, -0.2) is 40.6 Å². The molecule has 4 rings (SSSR count). The normalized spacial score (nSPS) is 28.5. The Morgan fingerprint density at radius 3 is 2.81 bits per heavy atom. The molecule has 6 nitrogen and oxygen atoms in total. The molecule has 1 aliphatic heterocycles. The zero-order valence-electron chi connectivity index (χ0n) is 16.2. The predicted molar refractivity (Wildman–Crippen MR) is 100 cm³/mol. The topological polar surface area (TPSA) is 59.7 Å². The lowest BCUT2D eigenvalue weighted by atomic mass is 9.66. The largest absolute Gasteiger partial charge is 0.370 e. The smallest absolute Gasteiger partial charge is 0.184 e. The SMILES string of the molecule is CCC(=O)C1CCC1(OC)c1nc2c(C)cc(N3CCC(C)C3)cn2n1. The van der Waals surface area contributed by atoms with Crippen LogP contribution in [0.2, 0.25) is 0 Å². The second-order valence-electron chi connectivity index (χ2n) is 7.93. The first-order valence-electron chi connectivity index (χ1n) is 9.68. The molecule has 2 aliphatic rings. The third-order valence-electron chi connectivity index (χ3n) is 6.24. The number of hydrogen-bond acceptors (Lipinski definition) is 5. The van der Waals surface area contributed by atoms with Gasteiger partial charge in [-0.3, -0.25) is 4.79 Å². The molecule has 140 valence electrons. The van der Waals surface area contributed by atoms with Crippen molar-refractivity contribution in [3.63, 3.8) is 0 Å². The van der Waals surface area contributed by atoms with Crippen LogP contribution in [0.25, 0.3) is 5.65 Å². The number of pyridine rings is 1. The Bertz CT molecular complexity index is 842. The highest BCUT2D eigenvalue weighted by Crippen LogP contribution is 2.49. The van der Waals surface area contributed by atoms with Crippen LogP contribution in [0.3, 0.4) is 0 Å². The average Bonchev–Trinajstić information content (AvgIpc) is 3.21. The number of nitrogens with zero attached hydrogens (tertiary/aromatic N) is 4. The molecule has 3 atom stereocenters. The van der Waals surface area contributed by atoms with Gasteiger partial charge in [-0.15, -0.1) is 5.10 Å². The Balaban J connectivity index is 1.73. The van der Waals surface area contributed by atoms with E-state index in [1.807, 2.05) is 11.4 Å². The van der Waals surface area contributed by atoms with Crippen LogP contribution in [0, 0.1) is 18.8 Å². The van der Waals surface area contributed by atoms with E-state index in [1.165, 1.54) is 12.1 Å². The van der Waals surface area contributed by atoms with Crippen LogP contribution in [0.1, 0.15) is 50.9 Å². The number of aryl methyl sites for hydroxylation is 1. The molecule has 1 saturated heterocycles. The van der Waals surface area contributed by atoms with Gasteiger partial charge in [0.2, 0.25) is 0 Å². The number of aromatic nitrogens is 3. The molecular weight excluding hydrogens is 328 g/mol. The van der Waals surface area contributed by atoms with Crippen molar-refractivity contribution in [3.8, 4) is 0 Å². The molecule has 2 fully saturated rings. The lowest BCUT2D eigenvalue weighted by molar-refractivity contribution is -0.162. The maximum Gasteiger partial charge on any atom is 0.184 e. The molecule has 1 saturated carbocycles. The summed E-state index contributed by atoms with van der Waals surface area (Å²) in [5, 5.41) is 4.76. The molecule has 0 bridgehead atoms. The van der Waals surface area contributed by atoms with Crippen molar-refractivity contribution in [2.45, 2.75) is 52.1 Å². The van der Waals surface area contributed by atoms with Gasteiger partial charge < -0.3 is 9.64 Å². The van der Waals surface area contributed by atoms with Crippen LogP contribution in [0.5, 0.6) is 0 Å². The summed E-state index contributed by atoms with van der Waals surface area (Å²) >= 11 is 0. The van der Waals surface area contributed by atoms with Gasteiger partial charge in [-0.1, -0.05) is 13.8 Å². The molecule has 1 aliphatic carbocycles. The average molecular weight is 356 g/mol. The predicted octanol–water partition coefficient (Wildman–Crippen LogP) is 3.11. The van der Waals surface area contributed by atoms with Gasteiger partial charge in [-0.25, -0.2) is 9.50 Å². The maximum atomic E-state index is 12.3. The molecule has 0 aromatic carbocycles. The number of methoxy groups -OCH3 is 1. The highest BCUT2D eigenvalue weighted by Gasteiger charge is 2.54. The summed E-state index contributed by atoms with van der Waals surface area (Å²) in [4.78, 5) is 19.5. The second-order valence-corrected chi connectivity index (χ2v) is 7.93. The fraction of sp³-hybridized carbons (Fsp3) is 0.650. The number of Topliss-reactive ketones (excluding diaryl/α,β-unsaturated/α-hetero) is 1. The molecule has 0 N–H and O–H groups in total. The molecule has 3 unspecified atom stereocenters. The van der Waals surface area contributed by atoms with E-state index in [9.17, 15) is 4.79 Å². The van der Waals surface area contributed by atoms with Gasteiger partial charge in [-0.05, 0) is 43.7 Å². The summed E-state index contributed by atoms with van der Waals surface area (Å²) in [5.41, 5.74) is 2.48. The lowest BCUT2D eigenvalue weighted by Crippen LogP contribution is -2.50. The minimum Gasteiger partial charge on any atom is -0.370 e. The van der Waals surface area contributed by atoms with Crippen LogP contribution in [0.15, 0.2) is 12.3 Å². The zero-order chi connectivity index (χ0) is 18.5. The van der Waals surface area contributed by atoms with E-state index in [0.29, 0.717) is 12.2 Å². The van der Waals surface area contributed by atoms with E-state index in [2.05, 4.69) is 31.0 Å². The Morgan fingerprint density at radius 1 is 1.42 bits per heavy atom. The third kappa shape index (κ3) is 2.54. The van der Waals surface area contributed by atoms with Crippen LogP contribution in [0.4, 0.5) is 5.69 Å². The fourth-order valence-corrected chi connectivity index (χ4v) is 4.47. The molecule has 26 heavy (non-hydrogen) atoms. The van der Waals surface area contributed by atoms with Crippen molar-refractivity contribution >= 4 is 17.1 Å². The molecule has 6 heteroatoms. The number of carbonyl (C=O) groups is 1. The fourth-order valence-electron chi connectivity index (χ4n) is 4.47. The Hall–Kier alpha value is -1.95. The van der Waals surface area contributed by atoms with Crippen molar-refractivity contribution in [1.29, 1.82) is 0 Å². The summed E-state index contributed by atoms with van der Waals surface area (Å²) in [6.07, 6.45) is 5.47. The van der Waals surface area contributed by atoms with Gasteiger partial charge in [0.1, 0.15) is 11.4 Å². The van der Waals surface area contributed by atoms with Crippen molar-refractivity contribution < 1.29 is 9.53 Å². The standard InChI is InChI=1S/C20H28N4O2/c1-5-17(25)16-6-8-20(16,26-4)19-21-18-14(3)10-15(12-24(18)22-19)23-9-7-13(2)11-23/h10,12-13,16H,5-9,11H2,1-4H3. The quantitative estimate of drug-likeness (QED) is 0.824. The summed E-state index contributed by atoms with van der Waals surface area (Å²) in [5.74, 6) is 1.48. The molecule has 3 heterocycles. The molecule has 0 spiro atoms. The molecule has 0 amide bonds. The van der Waals surface area contributed by atoms with E-state index in [1.54, 1.807) is 7.11 Å². The number of hydrogen-bond donors (Lipinski definition) is 0. The van der Waals surface area contributed by atoms with E-state index in [-0.39, 0.29) is 11.7 Å². The van der Waals surface area contributed by atoms with E-state index in [4.69, 9.17) is 14.8 Å². The highest BCUT2D eigenvalue weighted by atomic mass is 16.5. The van der Waals surface area contributed by atoms with Crippen molar-refractivity contribution in [3.05, 3.63) is 23.7 Å². The zero-order valence-corrected chi connectivity index (χ0v) is 16.2. The lowest BCUT2D eigenvalue weighted by Gasteiger charge is -2.45. The number of anilines is 1. The van der Waals surface area contributed by atoms with Gasteiger partial charge in [0.25, 0.3) is 0 Å². The highest BCUT2D eigenvalue weighted by molar-refractivity contribution is 5.83. The first kappa shape index (κ1) is 17.5. The van der Waals surface area contributed by atoms with Crippen LogP contribution in [-0.2, 0) is 15.1 Å². The maximum absolute atomic E-state index is 12.3. The monoisotopic (exact) mass is 356 g/mol. The Labute approximate surface area is 154 Å². The summed E-state index contributed by atoms with van der Waals surface area (Å²) in [6.45, 7) is 8.45. The van der Waals surface area contributed by atoms with Gasteiger partial charge in [0.15, 0.2) is 11.5 Å². The van der Waals surface area contributed by atoms with Crippen LogP contribution >= 0.6 is 0 Å². The Morgan fingerprint density at radius 2 is 2.23 bits per heavy atom. The van der Waals surface area contributed by atoms with Crippen molar-refractivity contribution in [2.75, 3.05) is 25.1 Å². The van der Waals surface area contributed by atoms with Crippen LogP contribution < -0.4 is 4.90 Å². The minimum atomic E-state index is -0.659. The number of ketones is 1. The van der Waals surface area contributed by atoms with Gasteiger partial charge in [0.05, 0.1) is 17.8 Å². The number of fused-ring (bicyclic) bond motifs is 1. The van der Waals surface area contributed by atoms with Crippen molar-refractivity contribution in [1.82, 2.24) is 14.6 Å². The van der Waals surface area contributed by atoms with E-state index < -0.39 is 5.60 Å². The summed E-state index contributed by atoms with van der Waals surface area (Å²) in [7, 11) is 1.67. The molecular formula is C20H28N4O2. The molecule has 2 aromatic heterocycles. The number of carbonyl (C=O) groups excluding carboxylic acids is 1. The van der Waals surface area contributed by atoms with Gasteiger partial charge >= 0.3 is 0 Å². The van der Waals surface area contributed by atoms with E-state index >= 15 is 0 Å².